The summed E-state index contributed by atoms with van der Waals surface area (Å²) in [6, 6.07) is 1.38. The number of nitrogens with zero attached hydrogens (tertiary/aromatic N) is 3. The van der Waals surface area contributed by atoms with E-state index in [1.807, 2.05) is 4.90 Å². The molecule has 1 aromatic rings. The Bertz CT molecular complexity index is 571. The smallest absolute Gasteiger partial charge is 0.332 e. The van der Waals surface area contributed by atoms with Crippen LogP contribution in [-0.4, -0.2) is 28.6 Å². The molecule has 1 fully saturated rings. The summed E-state index contributed by atoms with van der Waals surface area (Å²) in [7, 11) is 2.99. The predicted molar refractivity (Wildman–Crippen MR) is 67.9 cm³/mol. The third-order valence-electron chi connectivity index (χ3n) is 3.72. The van der Waals surface area contributed by atoms with Crippen LogP contribution in [0.15, 0.2) is 15.7 Å². The van der Waals surface area contributed by atoms with Crippen molar-refractivity contribution in [2.45, 2.75) is 19.3 Å². The van der Waals surface area contributed by atoms with Gasteiger partial charge >= 0.3 is 5.69 Å². The molecule has 5 nitrogen and oxygen atoms in total. The van der Waals surface area contributed by atoms with Gasteiger partial charge < -0.3 is 4.90 Å². The highest BCUT2D eigenvalue weighted by Gasteiger charge is 2.27. The monoisotopic (exact) mass is 273 g/mol. The van der Waals surface area contributed by atoms with Crippen molar-refractivity contribution in [3.8, 4) is 0 Å². The molecule has 0 aromatic carbocycles. The first kappa shape index (κ1) is 13.8. The fraction of sp³-hybridized carbons (Fsp3) is 0.667. The molecular formula is C12H17F2N3O2. The average molecular weight is 273 g/mol. The number of aromatic nitrogens is 2. The van der Waals surface area contributed by atoms with E-state index in [9.17, 15) is 18.4 Å². The Hall–Kier alpha value is -1.66. The van der Waals surface area contributed by atoms with Crippen LogP contribution >= 0.6 is 0 Å². The highest BCUT2D eigenvalue weighted by Crippen LogP contribution is 2.25. The topological polar surface area (TPSA) is 47.2 Å². The molecule has 0 saturated carbocycles. The van der Waals surface area contributed by atoms with Crippen LogP contribution in [0.2, 0.25) is 0 Å². The van der Waals surface area contributed by atoms with E-state index in [0.29, 0.717) is 31.7 Å². The van der Waals surface area contributed by atoms with E-state index in [1.54, 1.807) is 7.05 Å². The molecule has 19 heavy (non-hydrogen) atoms. The molecule has 0 bridgehead atoms. The lowest BCUT2D eigenvalue weighted by molar-refractivity contribution is 0.0634. The van der Waals surface area contributed by atoms with E-state index < -0.39 is 18.0 Å². The average Bonchev–Trinajstić information content (AvgIpc) is 2.40. The fourth-order valence-electron chi connectivity index (χ4n) is 2.41. The molecule has 1 aromatic heterocycles. The van der Waals surface area contributed by atoms with E-state index in [-0.39, 0.29) is 5.56 Å². The molecule has 1 aliphatic heterocycles. The third kappa shape index (κ3) is 2.54. The van der Waals surface area contributed by atoms with E-state index in [0.717, 1.165) is 4.57 Å². The van der Waals surface area contributed by atoms with Crippen LogP contribution < -0.4 is 16.1 Å². The van der Waals surface area contributed by atoms with Gasteiger partial charge in [-0.25, -0.2) is 13.6 Å². The fourth-order valence-corrected chi connectivity index (χ4v) is 2.41. The molecule has 0 amide bonds. The first-order chi connectivity index (χ1) is 8.91. The first-order valence-electron chi connectivity index (χ1n) is 6.22. The summed E-state index contributed by atoms with van der Waals surface area (Å²) in [6.07, 6.45) is -1.54. The summed E-state index contributed by atoms with van der Waals surface area (Å²) in [5.41, 5.74) is -0.785. The van der Waals surface area contributed by atoms with Gasteiger partial charge in [0.25, 0.3) is 5.56 Å². The molecule has 1 aliphatic rings. The van der Waals surface area contributed by atoms with Crippen molar-refractivity contribution in [3.63, 3.8) is 0 Å². The molecule has 0 spiro atoms. The van der Waals surface area contributed by atoms with Crippen LogP contribution in [0.1, 0.15) is 12.8 Å². The molecule has 0 atom stereocenters. The van der Waals surface area contributed by atoms with E-state index in [1.165, 1.54) is 17.7 Å². The zero-order valence-corrected chi connectivity index (χ0v) is 11.0. The van der Waals surface area contributed by atoms with Crippen molar-refractivity contribution in [2.24, 2.45) is 20.0 Å². The zero-order valence-electron chi connectivity index (χ0n) is 11.0. The minimum absolute atomic E-state index is 0.376. The summed E-state index contributed by atoms with van der Waals surface area (Å²) in [6.45, 7) is 0.880. The lowest BCUT2D eigenvalue weighted by atomic mass is 9.97. The molecule has 1 saturated heterocycles. The minimum Gasteiger partial charge on any atom is -0.358 e. The molecule has 7 heteroatoms. The summed E-state index contributed by atoms with van der Waals surface area (Å²) in [5, 5.41) is 0. The van der Waals surface area contributed by atoms with E-state index in [4.69, 9.17) is 0 Å². The molecule has 0 unspecified atom stereocenters. The molecule has 0 N–H and O–H groups in total. The van der Waals surface area contributed by atoms with Gasteiger partial charge in [-0.05, 0) is 12.8 Å². The van der Waals surface area contributed by atoms with Gasteiger partial charge in [-0.3, -0.25) is 13.9 Å². The zero-order chi connectivity index (χ0) is 14.2. The third-order valence-corrected chi connectivity index (χ3v) is 3.72. The van der Waals surface area contributed by atoms with Gasteiger partial charge in [0.2, 0.25) is 6.43 Å². The molecule has 2 rings (SSSR count). The largest absolute Gasteiger partial charge is 0.358 e. The first-order valence-corrected chi connectivity index (χ1v) is 6.22. The molecule has 106 valence electrons. The van der Waals surface area contributed by atoms with Gasteiger partial charge in [0.15, 0.2) is 0 Å². The molecular weight excluding hydrogens is 256 g/mol. The number of hydrogen-bond donors (Lipinski definition) is 0. The van der Waals surface area contributed by atoms with E-state index >= 15 is 0 Å². The Morgan fingerprint density at radius 2 is 1.74 bits per heavy atom. The molecule has 2 heterocycles. The van der Waals surface area contributed by atoms with Crippen molar-refractivity contribution in [3.05, 3.63) is 26.9 Å². The van der Waals surface area contributed by atoms with Crippen LogP contribution in [0, 0.1) is 5.92 Å². The van der Waals surface area contributed by atoms with Gasteiger partial charge in [0, 0.05) is 39.2 Å². The van der Waals surface area contributed by atoms with E-state index in [2.05, 4.69) is 0 Å². The van der Waals surface area contributed by atoms with Gasteiger partial charge in [0.1, 0.15) is 5.82 Å². The molecule has 0 aliphatic carbocycles. The van der Waals surface area contributed by atoms with Gasteiger partial charge in [-0.2, -0.15) is 0 Å². The van der Waals surface area contributed by atoms with Crippen LogP contribution in [0.5, 0.6) is 0 Å². The predicted octanol–water partition coefficient (Wildman–Crippen LogP) is 0.566. The number of halogens is 2. The van der Waals surface area contributed by atoms with Crippen molar-refractivity contribution in [1.82, 2.24) is 9.13 Å². The van der Waals surface area contributed by atoms with Crippen molar-refractivity contribution in [2.75, 3.05) is 18.0 Å². The summed E-state index contributed by atoms with van der Waals surface area (Å²) in [4.78, 5) is 25.3. The number of piperidine rings is 1. The Kier molecular flexibility index (Phi) is 3.73. The molecule has 0 radical (unpaired) electrons. The summed E-state index contributed by atoms with van der Waals surface area (Å²) in [5.74, 6) is -0.0827. The Morgan fingerprint density at radius 3 is 2.26 bits per heavy atom. The maximum absolute atomic E-state index is 12.6. The minimum atomic E-state index is -2.30. The van der Waals surface area contributed by atoms with Gasteiger partial charge in [-0.15, -0.1) is 0 Å². The number of rotatable bonds is 2. The number of alkyl halides is 2. The van der Waals surface area contributed by atoms with Crippen LogP contribution in [0.3, 0.4) is 0 Å². The van der Waals surface area contributed by atoms with Crippen LogP contribution in [0.25, 0.3) is 0 Å². The lowest BCUT2D eigenvalue weighted by Crippen LogP contribution is -2.43. The Balaban J connectivity index is 2.26. The van der Waals surface area contributed by atoms with Crippen molar-refractivity contribution in [1.29, 1.82) is 0 Å². The Morgan fingerprint density at radius 1 is 1.16 bits per heavy atom. The SMILES string of the molecule is Cn1c(N2CCC(C(F)F)CC2)cc(=O)n(C)c1=O. The second-order valence-electron chi connectivity index (χ2n) is 4.90. The number of anilines is 1. The van der Waals surface area contributed by atoms with Crippen molar-refractivity contribution < 1.29 is 8.78 Å². The summed E-state index contributed by atoms with van der Waals surface area (Å²) >= 11 is 0. The van der Waals surface area contributed by atoms with Gasteiger partial charge in [-0.1, -0.05) is 0 Å². The maximum Gasteiger partial charge on any atom is 0.332 e. The Labute approximate surface area is 109 Å². The summed E-state index contributed by atoms with van der Waals surface area (Å²) < 4.78 is 27.6. The van der Waals surface area contributed by atoms with Crippen molar-refractivity contribution >= 4 is 5.82 Å². The quantitative estimate of drug-likeness (QED) is 0.791. The highest BCUT2D eigenvalue weighted by molar-refractivity contribution is 5.38. The normalized spacial score (nSPS) is 17.2. The maximum atomic E-state index is 12.6. The highest BCUT2D eigenvalue weighted by atomic mass is 19.3. The second-order valence-corrected chi connectivity index (χ2v) is 4.90. The standard InChI is InChI=1S/C12H17F2N3O2/c1-15-9(7-10(18)16(2)12(15)19)17-5-3-8(4-6-17)11(13)14/h7-8,11H,3-6H2,1-2H3. The lowest BCUT2D eigenvalue weighted by Gasteiger charge is -2.33. The van der Waals surface area contributed by atoms with Crippen LogP contribution in [-0.2, 0) is 14.1 Å². The number of hydrogen-bond acceptors (Lipinski definition) is 3. The van der Waals surface area contributed by atoms with Crippen LogP contribution in [0.4, 0.5) is 14.6 Å². The second kappa shape index (κ2) is 5.14. The van der Waals surface area contributed by atoms with Gasteiger partial charge in [0.05, 0.1) is 0 Å².